The average molecular weight is 215 g/mol. The first kappa shape index (κ1) is 11.3. The van der Waals surface area contributed by atoms with E-state index in [2.05, 4.69) is 50.8 Å². The summed E-state index contributed by atoms with van der Waals surface area (Å²) in [6.07, 6.45) is 1.23. The second-order valence-electron chi connectivity index (χ2n) is 5.03. The van der Waals surface area contributed by atoms with Gasteiger partial charge in [-0.1, -0.05) is 34.9 Å². The molecular formula is C15H21N. The van der Waals surface area contributed by atoms with Crippen LogP contribution >= 0.6 is 0 Å². The zero-order valence-corrected chi connectivity index (χ0v) is 10.8. The van der Waals surface area contributed by atoms with Crippen molar-refractivity contribution in [3.05, 3.63) is 46.2 Å². The first-order valence-electron chi connectivity index (χ1n) is 6.05. The maximum absolute atomic E-state index is 2.49. The van der Waals surface area contributed by atoms with E-state index in [0.717, 1.165) is 6.54 Å². The summed E-state index contributed by atoms with van der Waals surface area (Å²) in [6.45, 7) is 11.1. The van der Waals surface area contributed by atoms with Crippen LogP contribution in [0.3, 0.4) is 0 Å². The van der Waals surface area contributed by atoms with E-state index in [1.54, 1.807) is 5.57 Å². The summed E-state index contributed by atoms with van der Waals surface area (Å²) in [5, 5.41) is 0. The lowest BCUT2D eigenvalue weighted by molar-refractivity contribution is 0.370. The molecule has 0 bridgehead atoms. The van der Waals surface area contributed by atoms with Gasteiger partial charge in [-0.05, 0) is 39.7 Å². The molecule has 0 fully saturated rings. The quantitative estimate of drug-likeness (QED) is 0.725. The molecule has 0 amide bonds. The van der Waals surface area contributed by atoms with Gasteiger partial charge in [-0.15, -0.1) is 0 Å². The van der Waals surface area contributed by atoms with E-state index in [1.807, 2.05) is 0 Å². The van der Waals surface area contributed by atoms with Crippen molar-refractivity contribution >= 4 is 0 Å². The molecule has 2 rings (SSSR count). The van der Waals surface area contributed by atoms with Gasteiger partial charge in [0, 0.05) is 18.8 Å². The highest BCUT2D eigenvalue weighted by atomic mass is 15.1. The predicted molar refractivity (Wildman–Crippen MR) is 69.3 cm³/mol. The van der Waals surface area contributed by atoms with Crippen molar-refractivity contribution in [2.75, 3.05) is 6.54 Å². The van der Waals surface area contributed by atoms with E-state index in [1.165, 1.54) is 35.4 Å². The fourth-order valence-corrected chi connectivity index (χ4v) is 2.50. The summed E-state index contributed by atoms with van der Waals surface area (Å²) < 4.78 is 0. The third kappa shape index (κ3) is 2.29. The maximum atomic E-state index is 2.49. The van der Waals surface area contributed by atoms with Crippen molar-refractivity contribution in [1.82, 2.24) is 4.90 Å². The van der Waals surface area contributed by atoms with Crippen molar-refractivity contribution in [3.8, 4) is 0 Å². The molecule has 86 valence electrons. The molecule has 1 heterocycles. The van der Waals surface area contributed by atoms with Gasteiger partial charge in [0.25, 0.3) is 0 Å². The standard InChI is InChI=1S/C15H21N/c1-11-7-12(2)9-15(8-11)10-16-6-5-13(3)14(16)4/h7-9H,5-6,10H2,1-4H3. The van der Waals surface area contributed by atoms with Crippen LogP contribution in [0.4, 0.5) is 0 Å². The molecule has 0 unspecified atom stereocenters. The molecule has 1 aliphatic heterocycles. The van der Waals surface area contributed by atoms with Gasteiger partial charge >= 0.3 is 0 Å². The summed E-state index contributed by atoms with van der Waals surface area (Å²) in [5.41, 5.74) is 7.19. The van der Waals surface area contributed by atoms with Gasteiger partial charge in [-0.25, -0.2) is 0 Å². The molecule has 0 spiro atoms. The highest BCUT2D eigenvalue weighted by Gasteiger charge is 2.15. The van der Waals surface area contributed by atoms with Gasteiger partial charge in [-0.2, -0.15) is 0 Å². The van der Waals surface area contributed by atoms with Crippen LogP contribution in [-0.4, -0.2) is 11.4 Å². The van der Waals surface area contributed by atoms with Crippen LogP contribution in [0.1, 0.15) is 37.0 Å². The summed E-state index contributed by atoms with van der Waals surface area (Å²) in [4.78, 5) is 2.49. The Bertz CT molecular complexity index is 409. The van der Waals surface area contributed by atoms with Gasteiger partial charge in [0.15, 0.2) is 0 Å². The van der Waals surface area contributed by atoms with Crippen molar-refractivity contribution < 1.29 is 0 Å². The zero-order chi connectivity index (χ0) is 11.7. The molecule has 0 atom stereocenters. The number of hydrogen-bond acceptors (Lipinski definition) is 1. The van der Waals surface area contributed by atoms with Crippen LogP contribution in [0, 0.1) is 13.8 Å². The lowest BCUT2D eigenvalue weighted by Crippen LogP contribution is -2.17. The van der Waals surface area contributed by atoms with Crippen LogP contribution in [0.15, 0.2) is 29.5 Å². The Labute approximate surface area is 98.8 Å². The van der Waals surface area contributed by atoms with Crippen LogP contribution in [-0.2, 0) is 6.54 Å². The molecule has 0 saturated heterocycles. The van der Waals surface area contributed by atoms with E-state index < -0.39 is 0 Å². The molecule has 16 heavy (non-hydrogen) atoms. The van der Waals surface area contributed by atoms with E-state index in [0.29, 0.717) is 0 Å². The fraction of sp³-hybridized carbons (Fsp3) is 0.467. The lowest BCUT2D eigenvalue weighted by atomic mass is 10.1. The third-order valence-corrected chi connectivity index (χ3v) is 3.50. The van der Waals surface area contributed by atoms with E-state index >= 15 is 0 Å². The summed E-state index contributed by atoms with van der Waals surface area (Å²) in [6, 6.07) is 6.84. The number of aryl methyl sites for hydroxylation is 2. The SMILES string of the molecule is CC1=C(C)N(Cc2cc(C)cc(C)c2)CC1. The molecule has 1 heteroatoms. The Morgan fingerprint density at radius 2 is 1.62 bits per heavy atom. The van der Waals surface area contributed by atoms with Gasteiger partial charge in [-0.3, -0.25) is 0 Å². The minimum Gasteiger partial charge on any atom is -0.370 e. The lowest BCUT2D eigenvalue weighted by Gasteiger charge is -2.20. The third-order valence-electron chi connectivity index (χ3n) is 3.50. The minimum absolute atomic E-state index is 1.06. The number of benzene rings is 1. The first-order valence-corrected chi connectivity index (χ1v) is 6.05. The Hall–Kier alpha value is -1.24. The van der Waals surface area contributed by atoms with E-state index in [4.69, 9.17) is 0 Å². The summed E-state index contributed by atoms with van der Waals surface area (Å²) in [7, 11) is 0. The van der Waals surface area contributed by atoms with Crippen molar-refractivity contribution in [1.29, 1.82) is 0 Å². The zero-order valence-electron chi connectivity index (χ0n) is 10.8. The molecule has 0 aromatic heterocycles. The number of hydrogen-bond donors (Lipinski definition) is 0. The van der Waals surface area contributed by atoms with Gasteiger partial charge < -0.3 is 4.90 Å². The predicted octanol–water partition coefficient (Wildman–Crippen LogP) is 3.80. The smallest absolute Gasteiger partial charge is 0.0426 e. The van der Waals surface area contributed by atoms with Crippen molar-refractivity contribution in [3.63, 3.8) is 0 Å². The fourth-order valence-electron chi connectivity index (χ4n) is 2.50. The van der Waals surface area contributed by atoms with Gasteiger partial charge in [0.2, 0.25) is 0 Å². The Morgan fingerprint density at radius 1 is 1.00 bits per heavy atom. The number of rotatable bonds is 2. The summed E-state index contributed by atoms with van der Waals surface area (Å²) in [5.74, 6) is 0. The minimum atomic E-state index is 1.06. The largest absolute Gasteiger partial charge is 0.370 e. The van der Waals surface area contributed by atoms with Gasteiger partial charge in [0.05, 0.1) is 0 Å². The highest BCUT2D eigenvalue weighted by Crippen LogP contribution is 2.24. The molecule has 1 aliphatic rings. The monoisotopic (exact) mass is 215 g/mol. The molecule has 1 aromatic carbocycles. The first-order chi connectivity index (χ1) is 7.56. The molecule has 1 aromatic rings. The average Bonchev–Trinajstić information content (AvgIpc) is 2.48. The topological polar surface area (TPSA) is 3.24 Å². The van der Waals surface area contributed by atoms with Crippen LogP contribution in [0.5, 0.6) is 0 Å². The Balaban J connectivity index is 2.16. The maximum Gasteiger partial charge on any atom is 0.0426 e. The summed E-state index contributed by atoms with van der Waals surface area (Å²) >= 11 is 0. The number of allylic oxidation sites excluding steroid dienone is 1. The molecule has 1 nitrogen and oxygen atoms in total. The molecule has 0 radical (unpaired) electrons. The van der Waals surface area contributed by atoms with Crippen LogP contribution < -0.4 is 0 Å². The van der Waals surface area contributed by atoms with E-state index in [-0.39, 0.29) is 0 Å². The molecule has 0 N–H and O–H groups in total. The molecule has 0 saturated carbocycles. The normalized spacial score (nSPS) is 16.1. The van der Waals surface area contributed by atoms with Crippen molar-refractivity contribution in [2.45, 2.75) is 40.7 Å². The number of nitrogens with zero attached hydrogens (tertiary/aromatic N) is 1. The Kier molecular flexibility index (Phi) is 3.04. The van der Waals surface area contributed by atoms with Crippen molar-refractivity contribution in [2.24, 2.45) is 0 Å². The van der Waals surface area contributed by atoms with Gasteiger partial charge in [0.1, 0.15) is 0 Å². The van der Waals surface area contributed by atoms with Crippen LogP contribution in [0.25, 0.3) is 0 Å². The van der Waals surface area contributed by atoms with Crippen LogP contribution in [0.2, 0.25) is 0 Å². The molecular weight excluding hydrogens is 194 g/mol. The Morgan fingerprint density at radius 3 is 2.12 bits per heavy atom. The second-order valence-corrected chi connectivity index (χ2v) is 5.03. The van der Waals surface area contributed by atoms with E-state index in [9.17, 15) is 0 Å². The second kappa shape index (κ2) is 4.32. The molecule has 0 aliphatic carbocycles. The highest BCUT2D eigenvalue weighted by molar-refractivity contribution is 5.29.